The van der Waals surface area contributed by atoms with Crippen molar-refractivity contribution in [3.05, 3.63) is 42.1 Å². The fraction of sp³-hybridized carbons (Fsp3) is 0.545. The Labute approximate surface area is 166 Å². The van der Waals surface area contributed by atoms with Crippen molar-refractivity contribution in [2.75, 3.05) is 39.3 Å². The quantitative estimate of drug-likeness (QED) is 0.875. The van der Waals surface area contributed by atoms with Crippen molar-refractivity contribution >= 4 is 16.8 Å². The van der Waals surface area contributed by atoms with Crippen molar-refractivity contribution in [1.82, 2.24) is 14.8 Å². The summed E-state index contributed by atoms with van der Waals surface area (Å²) in [6.45, 7) is 8.32. The van der Waals surface area contributed by atoms with E-state index in [1.807, 2.05) is 35.2 Å². The number of benzene rings is 1. The average Bonchev–Trinajstić information content (AvgIpc) is 3.09. The number of amides is 1. The first kappa shape index (κ1) is 19.3. The van der Waals surface area contributed by atoms with Crippen molar-refractivity contribution in [3.8, 4) is 0 Å². The van der Waals surface area contributed by atoms with E-state index >= 15 is 0 Å². The molecule has 2 aliphatic heterocycles. The van der Waals surface area contributed by atoms with E-state index in [1.165, 1.54) is 0 Å². The van der Waals surface area contributed by atoms with Crippen LogP contribution in [-0.2, 0) is 4.74 Å². The molecule has 3 heterocycles. The van der Waals surface area contributed by atoms with Crippen molar-refractivity contribution in [2.24, 2.45) is 11.8 Å². The molecule has 1 amide bonds. The number of hydrogen-bond donors (Lipinski definition) is 1. The molecule has 1 aromatic heterocycles. The molecule has 2 aliphatic rings. The van der Waals surface area contributed by atoms with Crippen LogP contribution in [0.1, 0.15) is 24.2 Å². The number of carbonyl (C=O) groups is 1. The molecule has 2 saturated heterocycles. The zero-order chi connectivity index (χ0) is 19.7. The summed E-state index contributed by atoms with van der Waals surface area (Å²) in [4.78, 5) is 21.7. The zero-order valence-corrected chi connectivity index (χ0v) is 16.6. The van der Waals surface area contributed by atoms with Gasteiger partial charge < -0.3 is 14.7 Å². The molecule has 6 heteroatoms. The number of fused-ring (bicyclic) bond motifs is 1. The summed E-state index contributed by atoms with van der Waals surface area (Å²) < 4.78 is 5.82. The topological polar surface area (TPSA) is 65.9 Å². The van der Waals surface area contributed by atoms with Crippen LogP contribution in [0.5, 0.6) is 0 Å². The Hall–Kier alpha value is -2.02. The molecule has 2 fully saturated rings. The second-order valence-corrected chi connectivity index (χ2v) is 8.30. The summed E-state index contributed by atoms with van der Waals surface area (Å²) in [5.74, 6) is 0.429. The second-order valence-electron chi connectivity index (χ2n) is 8.30. The minimum Gasteiger partial charge on any atom is -0.396 e. The van der Waals surface area contributed by atoms with Crippen LogP contribution in [-0.4, -0.2) is 77.3 Å². The lowest BCUT2D eigenvalue weighted by atomic mass is 9.96. The number of aliphatic hydroxyl groups is 1. The number of nitrogens with zero attached hydrogens (tertiary/aromatic N) is 3. The van der Waals surface area contributed by atoms with E-state index in [0.29, 0.717) is 18.7 Å². The molecule has 28 heavy (non-hydrogen) atoms. The monoisotopic (exact) mass is 383 g/mol. The molecule has 1 aromatic carbocycles. The molecule has 0 unspecified atom stereocenters. The van der Waals surface area contributed by atoms with Gasteiger partial charge in [0.05, 0.1) is 17.7 Å². The van der Waals surface area contributed by atoms with Gasteiger partial charge in [-0.25, -0.2) is 0 Å². The molecule has 4 atom stereocenters. The number of carbonyl (C=O) groups excluding carboxylic acids is 1. The van der Waals surface area contributed by atoms with Crippen LogP contribution in [0.4, 0.5) is 0 Å². The summed E-state index contributed by atoms with van der Waals surface area (Å²) >= 11 is 0. The van der Waals surface area contributed by atoms with Crippen molar-refractivity contribution in [3.63, 3.8) is 0 Å². The number of pyridine rings is 1. The summed E-state index contributed by atoms with van der Waals surface area (Å²) in [5, 5.41) is 10.9. The fourth-order valence-corrected chi connectivity index (χ4v) is 4.67. The predicted molar refractivity (Wildman–Crippen MR) is 108 cm³/mol. The number of aliphatic hydroxyl groups excluding tert-OH is 1. The Morgan fingerprint density at radius 3 is 2.64 bits per heavy atom. The molecule has 0 spiro atoms. The normalized spacial score (nSPS) is 28.8. The zero-order valence-electron chi connectivity index (χ0n) is 16.6. The fourth-order valence-electron chi connectivity index (χ4n) is 4.67. The molecule has 0 aliphatic carbocycles. The number of rotatable bonds is 4. The van der Waals surface area contributed by atoms with E-state index in [-0.39, 0.29) is 36.6 Å². The van der Waals surface area contributed by atoms with Gasteiger partial charge in [-0.05, 0) is 38.0 Å². The third-order valence-corrected chi connectivity index (χ3v) is 5.94. The van der Waals surface area contributed by atoms with E-state index in [9.17, 15) is 9.90 Å². The first-order chi connectivity index (χ1) is 13.5. The van der Waals surface area contributed by atoms with E-state index in [2.05, 4.69) is 23.7 Å². The van der Waals surface area contributed by atoms with Gasteiger partial charge in [0.25, 0.3) is 5.91 Å². The smallest absolute Gasteiger partial charge is 0.253 e. The van der Waals surface area contributed by atoms with Gasteiger partial charge in [0.1, 0.15) is 0 Å². The van der Waals surface area contributed by atoms with Crippen LogP contribution in [0.3, 0.4) is 0 Å². The molecule has 0 saturated carbocycles. The van der Waals surface area contributed by atoms with Crippen molar-refractivity contribution in [1.29, 1.82) is 0 Å². The van der Waals surface area contributed by atoms with Crippen LogP contribution in [0, 0.1) is 11.8 Å². The number of hydrogen-bond acceptors (Lipinski definition) is 5. The van der Waals surface area contributed by atoms with Gasteiger partial charge in [-0.2, -0.15) is 0 Å². The van der Waals surface area contributed by atoms with Crippen LogP contribution in [0.2, 0.25) is 0 Å². The molecular weight excluding hydrogens is 354 g/mol. The van der Waals surface area contributed by atoms with Crippen LogP contribution >= 0.6 is 0 Å². The number of morpholine rings is 1. The molecule has 6 nitrogen and oxygen atoms in total. The third kappa shape index (κ3) is 4.04. The highest BCUT2D eigenvalue weighted by Gasteiger charge is 2.37. The highest BCUT2D eigenvalue weighted by Crippen LogP contribution is 2.27. The van der Waals surface area contributed by atoms with Gasteiger partial charge in [-0.1, -0.05) is 12.1 Å². The number of aromatic nitrogens is 1. The maximum Gasteiger partial charge on any atom is 0.253 e. The lowest BCUT2D eigenvalue weighted by Gasteiger charge is -2.37. The molecule has 1 N–H and O–H groups in total. The van der Waals surface area contributed by atoms with E-state index < -0.39 is 0 Å². The van der Waals surface area contributed by atoms with Crippen molar-refractivity contribution < 1.29 is 14.6 Å². The SMILES string of the molecule is C[C@@H]1CN(C[C@H]2CN(C(=O)c3ccc4cccnc4c3)C[C@H]2CO)C[C@H](C)O1. The van der Waals surface area contributed by atoms with Crippen molar-refractivity contribution in [2.45, 2.75) is 26.1 Å². The second kappa shape index (κ2) is 8.15. The van der Waals surface area contributed by atoms with E-state index in [0.717, 1.165) is 30.5 Å². The Morgan fingerprint density at radius 1 is 1.14 bits per heavy atom. The summed E-state index contributed by atoms with van der Waals surface area (Å²) in [5.41, 5.74) is 1.50. The lowest BCUT2D eigenvalue weighted by Crippen LogP contribution is -2.48. The van der Waals surface area contributed by atoms with Gasteiger partial charge in [0, 0.05) is 62.4 Å². The number of ether oxygens (including phenoxy) is 1. The average molecular weight is 383 g/mol. The molecular formula is C22H29N3O3. The van der Waals surface area contributed by atoms with Crippen LogP contribution in [0.15, 0.2) is 36.5 Å². The summed E-state index contributed by atoms with van der Waals surface area (Å²) in [6, 6.07) is 9.58. The molecule has 4 rings (SSSR count). The Balaban J connectivity index is 1.45. The molecule has 2 aromatic rings. The maximum atomic E-state index is 13.1. The Bertz CT molecular complexity index is 833. The molecule has 0 radical (unpaired) electrons. The molecule has 0 bridgehead atoms. The minimum absolute atomic E-state index is 0.0252. The minimum atomic E-state index is 0.0252. The van der Waals surface area contributed by atoms with Gasteiger partial charge in [0.2, 0.25) is 0 Å². The van der Waals surface area contributed by atoms with Gasteiger partial charge >= 0.3 is 0 Å². The van der Waals surface area contributed by atoms with Gasteiger partial charge in [-0.15, -0.1) is 0 Å². The Kier molecular flexibility index (Phi) is 5.62. The highest BCUT2D eigenvalue weighted by atomic mass is 16.5. The van der Waals surface area contributed by atoms with E-state index in [4.69, 9.17) is 4.74 Å². The van der Waals surface area contributed by atoms with Gasteiger partial charge in [0.15, 0.2) is 0 Å². The maximum absolute atomic E-state index is 13.1. The van der Waals surface area contributed by atoms with Crippen LogP contribution < -0.4 is 0 Å². The first-order valence-electron chi connectivity index (χ1n) is 10.2. The summed E-state index contributed by atoms with van der Waals surface area (Å²) in [7, 11) is 0. The highest BCUT2D eigenvalue weighted by molar-refractivity contribution is 5.97. The molecule has 150 valence electrons. The Morgan fingerprint density at radius 2 is 1.89 bits per heavy atom. The third-order valence-electron chi connectivity index (χ3n) is 5.94. The largest absolute Gasteiger partial charge is 0.396 e. The van der Waals surface area contributed by atoms with Crippen LogP contribution in [0.25, 0.3) is 10.9 Å². The van der Waals surface area contributed by atoms with Gasteiger partial charge in [-0.3, -0.25) is 14.7 Å². The standard InChI is InChI=1S/C22H29N3O3/c1-15-9-24(10-16(2)28-15)11-19-12-25(13-20(19)14-26)22(27)18-6-5-17-4-3-7-23-21(17)8-18/h3-8,15-16,19-20,26H,9-14H2,1-2H3/t15-,16+,19-,20-/m0/s1. The predicted octanol–water partition coefficient (Wildman–Crippen LogP) is 2.02. The summed E-state index contributed by atoms with van der Waals surface area (Å²) in [6.07, 6.45) is 2.19. The lowest BCUT2D eigenvalue weighted by molar-refractivity contribution is -0.0726. The van der Waals surface area contributed by atoms with E-state index in [1.54, 1.807) is 6.20 Å². The number of likely N-dealkylation sites (tertiary alicyclic amines) is 1. The first-order valence-corrected chi connectivity index (χ1v) is 10.2.